The summed E-state index contributed by atoms with van der Waals surface area (Å²) in [4.78, 5) is 6.92. The van der Waals surface area contributed by atoms with Crippen LogP contribution >= 0.6 is 12.2 Å². The van der Waals surface area contributed by atoms with E-state index in [9.17, 15) is 0 Å². The fraction of sp³-hybridized carbons (Fsp3) is 0.250. The quantitative estimate of drug-likeness (QED) is 0.877. The van der Waals surface area contributed by atoms with Gasteiger partial charge in [-0.3, -0.25) is 0 Å². The highest BCUT2D eigenvalue weighted by molar-refractivity contribution is 7.80. The van der Waals surface area contributed by atoms with Crippen LogP contribution in [0.15, 0.2) is 36.5 Å². The van der Waals surface area contributed by atoms with E-state index in [-0.39, 0.29) is 0 Å². The molecule has 104 valence electrons. The molecular formula is C16H19N3S. The maximum Gasteiger partial charge on any atom is 0.139 e. The van der Waals surface area contributed by atoms with Crippen LogP contribution in [0.2, 0.25) is 0 Å². The van der Waals surface area contributed by atoms with Gasteiger partial charge in [0.05, 0.1) is 5.56 Å². The van der Waals surface area contributed by atoms with Crippen molar-refractivity contribution >= 4 is 23.0 Å². The molecule has 0 amide bonds. The molecule has 0 spiro atoms. The second-order valence-corrected chi connectivity index (χ2v) is 5.41. The van der Waals surface area contributed by atoms with Crippen molar-refractivity contribution in [1.82, 2.24) is 4.98 Å². The number of thiocarbonyl (C=S) groups is 1. The number of hydrogen-bond acceptors (Lipinski definition) is 3. The number of pyridine rings is 1. The monoisotopic (exact) mass is 285 g/mol. The van der Waals surface area contributed by atoms with Crippen LogP contribution in [0.4, 0.5) is 5.82 Å². The third-order valence-corrected chi connectivity index (χ3v) is 3.62. The molecule has 2 aromatic rings. The first-order chi connectivity index (χ1) is 9.50. The molecule has 0 aliphatic heterocycles. The highest BCUT2D eigenvalue weighted by Crippen LogP contribution is 2.22. The van der Waals surface area contributed by atoms with Crippen LogP contribution in [0.1, 0.15) is 22.3 Å². The van der Waals surface area contributed by atoms with Crippen LogP contribution in [0.25, 0.3) is 0 Å². The van der Waals surface area contributed by atoms with Gasteiger partial charge in [-0.15, -0.1) is 0 Å². The van der Waals surface area contributed by atoms with E-state index in [4.69, 9.17) is 18.0 Å². The van der Waals surface area contributed by atoms with Crippen molar-refractivity contribution in [2.24, 2.45) is 5.73 Å². The molecule has 4 heteroatoms. The van der Waals surface area contributed by atoms with E-state index >= 15 is 0 Å². The molecule has 0 unspecified atom stereocenters. The van der Waals surface area contributed by atoms with Gasteiger partial charge in [-0.2, -0.15) is 0 Å². The normalized spacial score (nSPS) is 10.3. The minimum Gasteiger partial charge on any atom is -0.389 e. The minimum absolute atomic E-state index is 0.391. The molecule has 1 aromatic carbocycles. The molecule has 2 rings (SSSR count). The summed E-state index contributed by atoms with van der Waals surface area (Å²) < 4.78 is 0. The van der Waals surface area contributed by atoms with Gasteiger partial charge < -0.3 is 10.6 Å². The second kappa shape index (κ2) is 6.01. The van der Waals surface area contributed by atoms with Crippen molar-refractivity contribution in [2.75, 3.05) is 11.9 Å². The maximum absolute atomic E-state index is 5.84. The summed E-state index contributed by atoms with van der Waals surface area (Å²) in [5.74, 6) is 0.834. The van der Waals surface area contributed by atoms with Gasteiger partial charge in [-0.05, 0) is 36.6 Å². The summed E-state index contributed by atoms with van der Waals surface area (Å²) in [6.45, 7) is 4.89. The van der Waals surface area contributed by atoms with Crippen LogP contribution in [0, 0.1) is 13.8 Å². The van der Waals surface area contributed by atoms with Gasteiger partial charge >= 0.3 is 0 Å². The van der Waals surface area contributed by atoms with E-state index in [1.807, 2.05) is 32.2 Å². The number of aryl methyl sites for hydroxylation is 2. The van der Waals surface area contributed by atoms with Gasteiger partial charge in [0.2, 0.25) is 0 Å². The number of nitrogens with two attached hydrogens (primary N) is 1. The molecule has 0 aliphatic rings. The Kier molecular flexibility index (Phi) is 4.35. The minimum atomic E-state index is 0.391. The standard InChI is InChI=1S/C16H19N3S/c1-11-6-4-5-7-13(11)10-19(3)16-14(15(17)20)12(2)8-9-18-16/h4-9H,10H2,1-3H3,(H2,17,20). The van der Waals surface area contributed by atoms with Gasteiger partial charge in [-0.1, -0.05) is 36.5 Å². The molecule has 0 saturated carbocycles. The zero-order chi connectivity index (χ0) is 14.7. The Hall–Kier alpha value is -1.94. The predicted octanol–water partition coefficient (Wildman–Crippen LogP) is 2.97. The van der Waals surface area contributed by atoms with E-state index in [1.54, 1.807) is 6.20 Å². The number of aromatic nitrogens is 1. The fourth-order valence-electron chi connectivity index (χ4n) is 2.26. The Morgan fingerprint density at radius 2 is 1.90 bits per heavy atom. The largest absolute Gasteiger partial charge is 0.389 e. The van der Waals surface area contributed by atoms with Crippen LogP contribution in [-0.2, 0) is 6.54 Å². The first-order valence-corrected chi connectivity index (χ1v) is 6.92. The summed E-state index contributed by atoms with van der Waals surface area (Å²) in [6, 6.07) is 10.3. The lowest BCUT2D eigenvalue weighted by Gasteiger charge is -2.22. The van der Waals surface area contributed by atoms with E-state index in [0.29, 0.717) is 4.99 Å². The van der Waals surface area contributed by atoms with E-state index in [0.717, 1.165) is 23.5 Å². The van der Waals surface area contributed by atoms with Gasteiger partial charge in [0.15, 0.2) is 0 Å². The number of hydrogen-bond donors (Lipinski definition) is 1. The molecule has 0 saturated heterocycles. The first-order valence-electron chi connectivity index (χ1n) is 6.51. The van der Waals surface area contributed by atoms with Crippen LogP contribution < -0.4 is 10.6 Å². The van der Waals surface area contributed by atoms with Crippen LogP contribution in [0.5, 0.6) is 0 Å². The highest BCUT2D eigenvalue weighted by atomic mass is 32.1. The summed E-state index contributed by atoms with van der Waals surface area (Å²) in [6.07, 6.45) is 1.79. The zero-order valence-electron chi connectivity index (χ0n) is 12.1. The zero-order valence-corrected chi connectivity index (χ0v) is 12.9. The molecular weight excluding hydrogens is 266 g/mol. The van der Waals surface area contributed by atoms with Gasteiger partial charge in [0.25, 0.3) is 0 Å². The first kappa shape index (κ1) is 14.5. The summed E-state index contributed by atoms with van der Waals surface area (Å²) in [5, 5.41) is 0. The Labute approximate surface area is 125 Å². The predicted molar refractivity (Wildman–Crippen MR) is 88.1 cm³/mol. The van der Waals surface area contributed by atoms with Gasteiger partial charge in [0.1, 0.15) is 10.8 Å². The molecule has 0 radical (unpaired) electrons. The van der Waals surface area contributed by atoms with Crippen LogP contribution in [0.3, 0.4) is 0 Å². The Bertz CT molecular complexity index is 637. The Morgan fingerprint density at radius 3 is 2.55 bits per heavy atom. The highest BCUT2D eigenvalue weighted by Gasteiger charge is 2.14. The molecule has 20 heavy (non-hydrogen) atoms. The molecule has 0 bridgehead atoms. The van der Waals surface area contributed by atoms with E-state index in [2.05, 4.69) is 28.9 Å². The van der Waals surface area contributed by atoms with Crippen molar-refractivity contribution < 1.29 is 0 Å². The number of benzene rings is 1. The lowest BCUT2D eigenvalue weighted by atomic mass is 10.1. The number of rotatable bonds is 4. The third kappa shape index (κ3) is 2.96. The van der Waals surface area contributed by atoms with Gasteiger partial charge in [0, 0.05) is 19.8 Å². The fourth-order valence-corrected chi connectivity index (χ4v) is 2.51. The average molecular weight is 285 g/mol. The van der Waals surface area contributed by atoms with E-state index < -0.39 is 0 Å². The smallest absolute Gasteiger partial charge is 0.139 e. The molecule has 1 heterocycles. The second-order valence-electron chi connectivity index (χ2n) is 4.97. The molecule has 0 fully saturated rings. The number of nitrogens with zero attached hydrogens (tertiary/aromatic N) is 2. The van der Waals surface area contributed by atoms with Crippen LogP contribution in [-0.4, -0.2) is 17.0 Å². The molecule has 2 N–H and O–H groups in total. The van der Waals surface area contributed by atoms with Crippen molar-refractivity contribution in [3.05, 3.63) is 58.8 Å². The molecule has 3 nitrogen and oxygen atoms in total. The van der Waals surface area contributed by atoms with Crippen molar-refractivity contribution in [2.45, 2.75) is 20.4 Å². The summed E-state index contributed by atoms with van der Waals surface area (Å²) >= 11 is 5.16. The Morgan fingerprint density at radius 1 is 1.20 bits per heavy atom. The van der Waals surface area contributed by atoms with E-state index in [1.165, 1.54) is 11.1 Å². The molecule has 1 aromatic heterocycles. The summed E-state index contributed by atoms with van der Waals surface area (Å²) in [5.41, 5.74) is 10.3. The third-order valence-electron chi connectivity index (χ3n) is 3.42. The Balaban J connectivity index is 2.35. The summed E-state index contributed by atoms with van der Waals surface area (Å²) in [7, 11) is 2.01. The molecule has 0 aliphatic carbocycles. The average Bonchev–Trinajstić information content (AvgIpc) is 2.40. The van der Waals surface area contributed by atoms with Crippen molar-refractivity contribution in [1.29, 1.82) is 0 Å². The van der Waals surface area contributed by atoms with Crippen molar-refractivity contribution in [3.8, 4) is 0 Å². The van der Waals surface area contributed by atoms with Gasteiger partial charge in [-0.25, -0.2) is 4.98 Å². The lowest BCUT2D eigenvalue weighted by molar-refractivity contribution is 0.887. The maximum atomic E-state index is 5.84. The lowest BCUT2D eigenvalue weighted by Crippen LogP contribution is -2.24. The molecule has 0 atom stereocenters. The number of anilines is 1. The van der Waals surface area contributed by atoms with Crippen molar-refractivity contribution in [3.63, 3.8) is 0 Å². The topological polar surface area (TPSA) is 42.2 Å². The SMILES string of the molecule is Cc1ccccc1CN(C)c1nccc(C)c1C(N)=S.